The molecule has 2 N–H and O–H groups in total. The van der Waals surface area contributed by atoms with Gasteiger partial charge in [0, 0.05) is 51.4 Å². The predicted octanol–water partition coefficient (Wildman–Crippen LogP) is 1.08. The molecule has 9 nitrogen and oxygen atoms in total. The number of sulfonamides is 1. The van der Waals surface area contributed by atoms with Gasteiger partial charge in [-0.2, -0.15) is 0 Å². The van der Waals surface area contributed by atoms with Crippen LogP contribution in [0.4, 0.5) is 0 Å². The van der Waals surface area contributed by atoms with E-state index in [1.807, 2.05) is 11.8 Å². The van der Waals surface area contributed by atoms with Crippen LogP contribution in [0.5, 0.6) is 0 Å². The zero-order valence-corrected chi connectivity index (χ0v) is 19.9. The van der Waals surface area contributed by atoms with Crippen molar-refractivity contribution in [1.82, 2.24) is 19.8 Å². The number of piperazine rings is 1. The fourth-order valence-corrected chi connectivity index (χ4v) is 5.33. The molecule has 0 bridgehead atoms. The Morgan fingerprint density at radius 3 is 2.62 bits per heavy atom. The quantitative estimate of drug-likeness (QED) is 0.540. The van der Waals surface area contributed by atoms with Crippen molar-refractivity contribution in [3.63, 3.8) is 0 Å². The van der Waals surface area contributed by atoms with Crippen LogP contribution in [0.15, 0.2) is 23.1 Å². The van der Waals surface area contributed by atoms with Crippen molar-refractivity contribution < 1.29 is 22.7 Å². The highest BCUT2D eigenvalue weighted by Crippen LogP contribution is 2.24. The predicted molar refractivity (Wildman–Crippen MR) is 121 cm³/mol. The maximum Gasteiger partial charge on any atom is 0.253 e. The maximum atomic E-state index is 13.0. The van der Waals surface area contributed by atoms with Crippen LogP contribution in [0.25, 0.3) is 0 Å². The fraction of sp³-hybridized carbons (Fsp3) is 0.619. The van der Waals surface area contributed by atoms with Crippen molar-refractivity contribution in [2.75, 3.05) is 52.4 Å². The Hall–Kier alpha value is -1.72. The molecule has 1 atom stereocenters. The van der Waals surface area contributed by atoms with Crippen LogP contribution in [0, 0.1) is 0 Å². The summed E-state index contributed by atoms with van der Waals surface area (Å²) in [5.41, 5.74) is 0.265. The van der Waals surface area contributed by atoms with E-state index < -0.39 is 10.0 Å². The van der Waals surface area contributed by atoms with E-state index in [0.29, 0.717) is 45.9 Å². The largest absolute Gasteiger partial charge is 0.377 e. The Bertz CT molecular complexity index is 913. The monoisotopic (exact) mass is 486 g/mol. The number of carbonyl (C=O) groups is 2. The van der Waals surface area contributed by atoms with E-state index in [-0.39, 0.29) is 39.9 Å². The van der Waals surface area contributed by atoms with Crippen molar-refractivity contribution in [2.45, 2.75) is 37.2 Å². The first-order valence-corrected chi connectivity index (χ1v) is 12.9. The van der Waals surface area contributed by atoms with Gasteiger partial charge in [-0.15, -0.1) is 0 Å². The van der Waals surface area contributed by atoms with Gasteiger partial charge < -0.3 is 15.0 Å². The fourth-order valence-electron chi connectivity index (χ4n) is 3.74. The summed E-state index contributed by atoms with van der Waals surface area (Å²) in [5, 5.41) is 2.91. The van der Waals surface area contributed by atoms with Gasteiger partial charge in [-0.25, -0.2) is 13.1 Å². The molecule has 2 aliphatic rings. The molecule has 11 heteroatoms. The van der Waals surface area contributed by atoms with Crippen LogP contribution < -0.4 is 10.0 Å². The van der Waals surface area contributed by atoms with Gasteiger partial charge in [-0.1, -0.05) is 18.5 Å². The standard InChI is InChI=1S/C21H31ClN4O5S/c1-2-7-23-20(27)15-25-8-10-26(11-9-25)21(28)16-5-6-18(22)19(13-16)32(29,30)24-14-17-4-3-12-31-17/h5-6,13,17,24H,2-4,7-12,14-15H2,1H3,(H,23,27). The normalized spacial score (nSPS) is 19.8. The minimum atomic E-state index is -3.88. The van der Waals surface area contributed by atoms with Crippen LogP contribution in [-0.4, -0.2) is 88.6 Å². The highest BCUT2D eigenvalue weighted by atomic mass is 35.5. The van der Waals surface area contributed by atoms with Crippen molar-refractivity contribution in [3.05, 3.63) is 28.8 Å². The Balaban J connectivity index is 1.59. The van der Waals surface area contributed by atoms with Gasteiger partial charge in [0.1, 0.15) is 4.90 Å². The average molecular weight is 487 g/mol. The molecule has 2 amide bonds. The Morgan fingerprint density at radius 1 is 1.22 bits per heavy atom. The molecule has 0 aliphatic carbocycles. The number of amides is 2. The number of nitrogens with zero attached hydrogens (tertiary/aromatic N) is 2. The molecule has 178 valence electrons. The molecule has 2 aliphatic heterocycles. The molecule has 0 spiro atoms. The van der Waals surface area contributed by atoms with Crippen molar-refractivity contribution in [2.24, 2.45) is 0 Å². The zero-order chi connectivity index (χ0) is 23.1. The first kappa shape index (κ1) is 24.9. The van der Waals surface area contributed by atoms with Crippen molar-refractivity contribution in [1.29, 1.82) is 0 Å². The third kappa shape index (κ3) is 6.64. The summed E-state index contributed by atoms with van der Waals surface area (Å²) >= 11 is 6.15. The van der Waals surface area contributed by atoms with E-state index in [1.165, 1.54) is 18.2 Å². The second-order valence-electron chi connectivity index (χ2n) is 8.05. The third-order valence-electron chi connectivity index (χ3n) is 5.59. The summed E-state index contributed by atoms with van der Waals surface area (Å²) in [7, 11) is -3.88. The molecule has 1 unspecified atom stereocenters. The van der Waals surface area contributed by atoms with Crippen molar-refractivity contribution in [3.8, 4) is 0 Å². The summed E-state index contributed by atoms with van der Waals surface area (Å²) < 4.78 is 33.5. The molecule has 3 rings (SSSR count). The first-order valence-electron chi connectivity index (χ1n) is 11.0. The van der Waals surface area contributed by atoms with Crippen molar-refractivity contribution >= 4 is 33.4 Å². The number of carbonyl (C=O) groups excluding carboxylic acids is 2. The lowest BCUT2D eigenvalue weighted by Crippen LogP contribution is -2.51. The maximum absolute atomic E-state index is 13.0. The lowest BCUT2D eigenvalue weighted by Gasteiger charge is -2.34. The molecule has 2 saturated heterocycles. The van der Waals surface area contributed by atoms with Crippen LogP contribution in [0.3, 0.4) is 0 Å². The van der Waals surface area contributed by atoms with E-state index in [2.05, 4.69) is 10.0 Å². The average Bonchev–Trinajstić information content (AvgIpc) is 3.30. The van der Waals surface area contributed by atoms with E-state index in [0.717, 1.165) is 19.3 Å². The van der Waals surface area contributed by atoms with Crippen LogP contribution >= 0.6 is 11.6 Å². The highest BCUT2D eigenvalue weighted by Gasteiger charge is 2.26. The lowest BCUT2D eigenvalue weighted by atomic mass is 10.2. The van der Waals surface area contributed by atoms with Gasteiger partial charge in [-0.3, -0.25) is 14.5 Å². The number of benzene rings is 1. The molecular weight excluding hydrogens is 456 g/mol. The van der Waals surface area contributed by atoms with Crippen LogP contribution in [0.1, 0.15) is 36.5 Å². The van der Waals surface area contributed by atoms with Crippen LogP contribution in [0.2, 0.25) is 5.02 Å². The Labute approximate surface area is 194 Å². The number of hydrogen-bond donors (Lipinski definition) is 2. The zero-order valence-electron chi connectivity index (χ0n) is 18.3. The second kappa shape index (κ2) is 11.4. The molecule has 32 heavy (non-hydrogen) atoms. The van der Waals surface area contributed by atoms with Gasteiger partial charge >= 0.3 is 0 Å². The number of hydrogen-bond acceptors (Lipinski definition) is 6. The molecule has 0 saturated carbocycles. The Morgan fingerprint density at radius 2 is 1.97 bits per heavy atom. The molecule has 0 aromatic heterocycles. The number of rotatable bonds is 9. The number of ether oxygens (including phenoxy) is 1. The van der Waals surface area contributed by atoms with Crippen LogP contribution in [-0.2, 0) is 19.6 Å². The summed E-state index contributed by atoms with van der Waals surface area (Å²) in [6.45, 7) is 5.84. The first-order chi connectivity index (χ1) is 15.3. The molecule has 0 radical (unpaired) electrons. The van der Waals surface area contributed by atoms with E-state index in [4.69, 9.17) is 16.3 Å². The van der Waals surface area contributed by atoms with Gasteiger partial charge in [0.05, 0.1) is 17.7 Å². The molecular formula is C21H31ClN4O5S. The number of nitrogens with one attached hydrogen (secondary N) is 2. The SMILES string of the molecule is CCCNC(=O)CN1CCN(C(=O)c2ccc(Cl)c(S(=O)(=O)NCC3CCCO3)c2)CC1. The summed E-state index contributed by atoms with van der Waals surface area (Å²) in [6.07, 6.45) is 2.46. The van der Waals surface area contributed by atoms with E-state index in [1.54, 1.807) is 4.90 Å². The summed E-state index contributed by atoms with van der Waals surface area (Å²) in [4.78, 5) is 28.4. The van der Waals surface area contributed by atoms with Gasteiger partial charge in [0.15, 0.2) is 0 Å². The summed E-state index contributed by atoms with van der Waals surface area (Å²) in [6, 6.07) is 4.30. The highest BCUT2D eigenvalue weighted by molar-refractivity contribution is 7.89. The van der Waals surface area contributed by atoms with Gasteiger partial charge in [-0.05, 0) is 37.5 Å². The lowest BCUT2D eigenvalue weighted by molar-refractivity contribution is -0.122. The minimum absolute atomic E-state index is 0.0188. The topological polar surface area (TPSA) is 108 Å². The Kier molecular flexibility index (Phi) is 8.89. The van der Waals surface area contributed by atoms with E-state index in [9.17, 15) is 18.0 Å². The smallest absolute Gasteiger partial charge is 0.253 e. The molecule has 2 heterocycles. The van der Waals surface area contributed by atoms with Gasteiger partial charge in [0.25, 0.3) is 5.91 Å². The molecule has 1 aromatic carbocycles. The van der Waals surface area contributed by atoms with Gasteiger partial charge in [0.2, 0.25) is 15.9 Å². The molecule has 2 fully saturated rings. The molecule has 1 aromatic rings. The summed E-state index contributed by atoms with van der Waals surface area (Å²) in [5.74, 6) is -0.276. The number of halogens is 1. The van der Waals surface area contributed by atoms with E-state index >= 15 is 0 Å². The second-order valence-corrected chi connectivity index (χ2v) is 10.2. The minimum Gasteiger partial charge on any atom is -0.377 e. The third-order valence-corrected chi connectivity index (χ3v) is 7.50.